The summed E-state index contributed by atoms with van der Waals surface area (Å²) >= 11 is 0. The molecule has 1 aliphatic carbocycles. The number of ether oxygens (including phenoxy) is 1. The second-order valence-electron chi connectivity index (χ2n) is 9.56. The number of urea groups is 1. The van der Waals surface area contributed by atoms with Crippen LogP contribution < -0.4 is 15.9 Å². The molecule has 1 aliphatic rings. The number of hydrazine groups is 1. The van der Waals surface area contributed by atoms with Crippen LogP contribution in [-0.2, 0) is 6.18 Å². The van der Waals surface area contributed by atoms with Gasteiger partial charge in [-0.3, -0.25) is 15.2 Å². The van der Waals surface area contributed by atoms with Crippen LogP contribution in [0.25, 0.3) is 10.9 Å². The van der Waals surface area contributed by atoms with Crippen molar-refractivity contribution in [2.24, 2.45) is 11.7 Å². The molecule has 202 valence electrons. The van der Waals surface area contributed by atoms with Crippen LogP contribution in [0.2, 0.25) is 0 Å². The maximum absolute atomic E-state index is 13.5. The second kappa shape index (κ2) is 11.3. The fraction of sp³-hybridized carbons (Fsp3) is 0.393. The van der Waals surface area contributed by atoms with Crippen molar-refractivity contribution in [2.45, 2.75) is 57.2 Å². The minimum absolute atomic E-state index is 0.0350. The Morgan fingerprint density at radius 2 is 1.79 bits per heavy atom. The number of carbonyl (C=O) groups is 2. The van der Waals surface area contributed by atoms with E-state index < -0.39 is 23.7 Å². The Kier molecular flexibility index (Phi) is 8.08. The SMILES string of the molecule is CCC(C1CCC(c2ccnc3c(C(F)(F)F)cccc23)CC1)N(NC(=O)c1ccc(OC)cc1)C(N)=O. The number of pyridine rings is 1. The molecule has 3 amide bonds. The van der Waals surface area contributed by atoms with Crippen LogP contribution in [0.1, 0.15) is 66.4 Å². The summed E-state index contributed by atoms with van der Waals surface area (Å²) in [5, 5.41) is 1.73. The normalized spacial score (nSPS) is 18.6. The van der Waals surface area contributed by atoms with E-state index in [0.29, 0.717) is 23.1 Å². The number of nitrogens with two attached hydrogens (primary N) is 1. The number of primary amides is 1. The highest BCUT2D eigenvalue weighted by Crippen LogP contribution is 2.42. The van der Waals surface area contributed by atoms with Crippen molar-refractivity contribution in [3.8, 4) is 5.75 Å². The van der Waals surface area contributed by atoms with Crippen molar-refractivity contribution < 1.29 is 27.5 Å². The van der Waals surface area contributed by atoms with E-state index in [1.165, 1.54) is 24.4 Å². The maximum atomic E-state index is 13.5. The van der Waals surface area contributed by atoms with Gasteiger partial charge in [-0.05, 0) is 85.9 Å². The summed E-state index contributed by atoms with van der Waals surface area (Å²) in [5.74, 6) is 0.280. The molecule has 1 unspecified atom stereocenters. The third-order valence-corrected chi connectivity index (χ3v) is 7.43. The molecule has 1 atom stereocenters. The molecule has 0 saturated heterocycles. The summed E-state index contributed by atoms with van der Waals surface area (Å²) in [7, 11) is 1.53. The van der Waals surface area contributed by atoms with E-state index in [1.54, 1.807) is 36.4 Å². The van der Waals surface area contributed by atoms with E-state index in [-0.39, 0.29) is 23.4 Å². The summed E-state index contributed by atoms with van der Waals surface area (Å²) in [4.78, 5) is 29.2. The van der Waals surface area contributed by atoms with Crippen LogP contribution in [0.5, 0.6) is 5.75 Å². The zero-order chi connectivity index (χ0) is 27.4. The number of halogens is 3. The standard InChI is InChI=1S/C28H31F3N4O3/c1-3-24(35(27(32)37)34-26(36)19-11-13-20(38-2)14-12-19)18-9-7-17(8-10-18)21-15-16-33-25-22(21)5-4-6-23(25)28(29,30)31/h4-6,11-18,24H,3,7-10H2,1-2H3,(H2,32,37)(H,34,36). The van der Waals surface area contributed by atoms with Gasteiger partial charge in [0.15, 0.2) is 0 Å². The van der Waals surface area contributed by atoms with Gasteiger partial charge in [-0.2, -0.15) is 13.2 Å². The topological polar surface area (TPSA) is 97.6 Å². The average molecular weight is 529 g/mol. The van der Waals surface area contributed by atoms with Gasteiger partial charge in [0, 0.05) is 17.1 Å². The first-order valence-electron chi connectivity index (χ1n) is 12.6. The fourth-order valence-corrected chi connectivity index (χ4v) is 5.54. The number of carbonyl (C=O) groups excluding carboxylic acids is 2. The zero-order valence-electron chi connectivity index (χ0n) is 21.3. The summed E-state index contributed by atoms with van der Waals surface area (Å²) in [6, 6.07) is 11.4. The van der Waals surface area contributed by atoms with Gasteiger partial charge < -0.3 is 10.5 Å². The number of aromatic nitrogens is 1. The lowest BCUT2D eigenvalue weighted by molar-refractivity contribution is -0.136. The molecule has 1 fully saturated rings. The van der Waals surface area contributed by atoms with E-state index in [0.717, 1.165) is 37.3 Å². The highest BCUT2D eigenvalue weighted by molar-refractivity contribution is 5.95. The Balaban J connectivity index is 1.49. The van der Waals surface area contributed by atoms with Crippen molar-refractivity contribution in [3.05, 3.63) is 71.4 Å². The number of fused-ring (bicyclic) bond motifs is 1. The first-order valence-corrected chi connectivity index (χ1v) is 12.6. The molecule has 2 aromatic carbocycles. The fourth-order valence-electron chi connectivity index (χ4n) is 5.54. The third kappa shape index (κ3) is 5.69. The number of alkyl halides is 3. The Morgan fingerprint density at radius 3 is 2.37 bits per heavy atom. The van der Waals surface area contributed by atoms with Gasteiger partial charge in [-0.1, -0.05) is 19.1 Å². The minimum atomic E-state index is -4.48. The van der Waals surface area contributed by atoms with Crippen LogP contribution in [0.15, 0.2) is 54.7 Å². The lowest BCUT2D eigenvalue weighted by atomic mass is 9.74. The molecule has 1 saturated carbocycles. The highest BCUT2D eigenvalue weighted by atomic mass is 19.4. The number of para-hydroxylation sites is 1. The molecule has 0 radical (unpaired) electrons. The Hall–Kier alpha value is -3.82. The summed E-state index contributed by atoms with van der Waals surface area (Å²) in [5.41, 5.74) is 8.79. The maximum Gasteiger partial charge on any atom is 0.418 e. The molecule has 10 heteroatoms. The van der Waals surface area contributed by atoms with Crippen LogP contribution >= 0.6 is 0 Å². The predicted octanol–water partition coefficient (Wildman–Crippen LogP) is 6.04. The van der Waals surface area contributed by atoms with E-state index in [4.69, 9.17) is 10.5 Å². The molecule has 1 aromatic heterocycles. The van der Waals surface area contributed by atoms with E-state index in [9.17, 15) is 22.8 Å². The van der Waals surface area contributed by atoms with Gasteiger partial charge >= 0.3 is 12.2 Å². The Bertz CT molecular complexity index is 1290. The zero-order valence-corrected chi connectivity index (χ0v) is 21.3. The van der Waals surface area contributed by atoms with Crippen LogP contribution in [0, 0.1) is 5.92 Å². The van der Waals surface area contributed by atoms with Gasteiger partial charge in [0.2, 0.25) is 0 Å². The van der Waals surface area contributed by atoms with E-state index >= 15 is 0 Å². The number of hydrogen-bond acceptors (Lipinski definition) is 4. The number of amides is 3. The summed E-state index contributed by atoms with van der Waals surface area (Å²) < 4.78 is 45.7. The summed E-state index contributed by atoms with van der Waals surface area (Å²) in [6.07, 6.45) is 0.463. The van der Waals surface area contributed by atoms with Gasteiger partial charge in [-0.25, -0.2) is 9.80 Å². The van der Waals surface area contributed by atoms with E-state index in [2.05, 4.69) is 10.4 Å². The first kappa shape index (κ1) is 27.2. The molecule has 1 heterocycles. The van der Waals surface area contributed by atoms with Crippen molar-refractivity contribution in [3.63, 3.8) is 0 Å². The minimum Gasteiger partial charge on any atom is -0.497 e. The Morgan fingerprint density at radius 1 is 1.11 bits per heavy atom. The lowest BCUT2D eigenvalue weighted by Crippen LogP contribution is -2.56. The predicted molar refractivity (Wildman–Crippen MR) is 137 cm³/mol. The number of nitrogens with zero attached hydrogens (tertiary/aromatic N) is 2. The number of hydrogen-bond donors (Lipinski definition) is 2. The molecule has 4 rings (SSSR count). The lowest BCUT2D eigenvalue weighted by Gasteiger charge is -2.39. The van der Waals surface area contributed by atoms with Crippen molar-refractivity contribution in [1.29, 1.82) is 0 Å². The number of nitrogens with one attached hydrogen (secondary N) is 1. The van der Waals surface area contributed by atoms with Crippen LogP contribution in [0.3, 0.4) is 0 Å². The second-order valence-corrected chi connectivity index (χ2v) is 9.56. The van der Waals surface area contributed by atoms with Gasteiger partial charge in [0.1, 0.15) is 5.75 Å². The molecule has 7 nitrogen and oxygen atoms in total. The van der Waals surface area contributed by atoms with Crippen LogP contribution in [0.4, 0.5) is 18.0 Å². The molecule has 3 aromatic rings. The van der Waals surface area contributed by atoms with Crippen molar-refractivity contribution in [1.82, 2.24) is 15.4 Å². The third-order valence-electron chi connectivity index (χ3n) is 7.43. The molecular weight excluding hydrogens is 497 g/mol. The van der Waals surface area contributed by atoms with Crippen molar-refractivity contribution in [2.75, 3.05) is 7.11 Å². The van der Waals surface area contributed by atoms with Gasteiger partial charge in [0.25, 0.3) is 5.91 Å². The first-order chi connectivity index (χ1) is 18.1. The van der Waals surface area contributed by atoms with Gasteiger partial charge in [0.05, 0.1) is 24.2 Å². The van der Waals surface area contributed by atoms with E-state index in [1.807, 2.05) is 6.92 Å². The molecular formula is C28H31F3N4O3. The highest BCUT2D eigenvalue weighted by Gasteiger charge is 2.36. The van der Waals surface area contributed by atoms with Gasteiger partial charge in [-0.15, -0.1) is 0 Å². The molecule has 0 bridgehead atoms. The molecule has 3 N–H and O–H groups in total. The van der Waals surface area contributed by atoms with Crippen LogP contribution in [-0.4, -0.2) is 35.1 Å². The smallest absolute Gasteiger partial charge is 0.418 e. The molecule has 0 aliphatic heterocycles. The molecule has 38 heavy (non-hydrogen) atoms. The average Bonchev–Trinajstić information content (AvgIpc) is 2.92. The number of benzene rings is 2. The molecule has 0 spiro atoms. The van der Waals surface area contributed by atoms with Crippen molar-refractivity contribution >= 4 is 22.8 Å². The number of rotatable bonds is 6. The number of methoxy groups -OCH3 is 1. The summed E-state index contributed by atoms with van der Waals surface area (Å²) in [6.45, 7) is 1.93. The Labute approximate surface area is 219 Å². The monoisotopic (exact) mass is 528 g/mol. The largest absolute Gasteiger partial charge is 0.497 e. The quantitative estimate of drug-likeness (QED) is 0.381.